The first-order valence-corrected chi connectivity index (χ1v) is 11.8. The maximum Gasteiger partial charge on any atom is 0.243 e. The Hall–Kier alpha value is -3.23. The fourth-order valence-corrected chi connectivity index (χ4v) is 4.92. The molecule has 0 atom stereocenters. The Labute approximate surface area is 187 Å². The first-order valence-electron chi connectivity index (χ1n) is 10.4. The number of piperazine rings is 1. The molecule has 3 rings (SSSR count). The molecule has 2 heterocycles. The molecule has 0 saturated carbocycles. The molecule has 1 aromatic carbocycles. The standard InChI is InChI=1S/C21H26N6O4S/c1-17-16-19(27(24-17)11-5-10-22)23-20(28)8-9-21(29)25-12-14-26(15-13-25)32(30,31)18-6-3-2-4-7-18/h2-4,6-7,16H,5,8-9,11-15H2,1H3,(H,23,28). The van der Waals surface area contributed by atoms with Crippen LogP contribution in [0, 0.1) is 18.3 Å². The summed E-state index contributed by atoms with van der Waals surface area (Å²) in [6.45, 7) is 3.16. The summed E-state index contributed by atoms with van der Waals surface area (Å²) in [6.07, 6.45) is 0.306. The number of carbonyl (C=O) groups is 2. The van der Waals surface area contributed by atoms with E-state index in [2.05, 4.69) is 10.4 Å². The van der Waals surface area contributed by atoms with Gasteiger partial charge in [0.05, 0.1) is 29.6 Å². The van der Waals surface area contributed by atoms with Crippen molar-refractivity contribution in [2.75, 3.05) is 31.5 Å². The molecule has 1 aliphatic heterocycles. The van der Waals surface area contributed by atoms with E-state index in [9.17, 15) is 18.0 Å². The molecule has 0 spiro atoms. The van der Waals surface area contributed by atoms with E-state index in [0.717, 1.165) is 5.69 Å². The minimum Gasteiger partial charge on any atom is -0.340 e. The van der Waals surface area contributed by atoms with Gasteiger partial charge in [-0.2, -0.15) is 14.7 Å². The summed E-state index contributed by atoms with van der Waals surface area (Å²) >= 11 is 0. The van der Waals surface area contributed by atoms with Crippen LogP contribution in [0.15, 0.2) is 41.3 Å². The van der Waals surface area contributed by atoms with E-state index in [0.29, 0.717) is 12.4 Å². The van der Waals surface area contributed by atoms with E-state index in [1.807, 2.05) is 6.07 Å². The van der Waals surface area contributed by atoms with Gasteiger partial charge < -0.3 is 10.2 Å². The maximum absolute atomic E-state index is 12.7. The van der Waals surface area contributed by atoms with Crippen LogP contribution in [0.2, 0.25) is 0 Å². The third kappa shape index (κ3) is 5.72. The number of nitriles is 1. The highest BCUT2D eigenvalue weighted by molar-refractivity contribution is 7.89. The lowest BCUT2D eigenvalue weighted by Crippen LogP contribution is -2.50. The van der Waals surface area contributed by atoms with Gasteiger partial charge in [-0.1, -0.05) is 18.2 Å². The molecule has 0 unspecified atom stereocenters. The number of nitrogens with zero attached hydrogens (tertiary/aromatic N) is 5. The van der Waals surface area contributed by atoms with E-state index in [1.54, 1.807) is 52.9 Å². The summed E-state index contributed by atoms with van der Waals surface area (Å²) in [5, 5.41) is 15.7. The van der Waals surface area contributed by atoms with Crippen molar-refractivity contribution < 1.29 is 18.0 Å². The average Bonchev–Trinajstić information content (AvgIpc) is 3.15. The Balaban J connectivity index is 1.47. The van der Waals surface area contributed by atoms with Crippen LogP contribution >= 0.6 is 0 Å². The van der Waals surface area contributed by atoms with Crippen LogP contribution in [0.5, 0.6) is 0 Å². The zero-order chi connectivity index (χ0) is 23.1. The lowest BCUT2D eigenvalue weighted by Gasteiger charge is -2.34. The van der Waals surface area contributed by atoms with E-state index in [1.165, 1.54) is 4.31 Å². The second kappa shape index (κ2) is 10.4. The van der Waals surface area contributed by atoms with Crippen LogP contribution in [-0.4, -0.2) is 65.4 Å². The molecule has 1 N–H and O–H groups in total. The van der Waals surface area contributed by atoms with Crippen LogP contribution in [0.3, 0.4) is 0 Å². The first kappa shape index (κ1) is 23.4. The van der Waals surface area contributed by atoms with Crippen molar-refractivity contribution in [3.8, 4) is 6.07 Å². The van der Waals surface area contributed by atoms with Crippen molar-refractivity contribution >= 4 is 27.7 Å². The van der Waals surface area contributed by atoms with Crippen LogP contribution < -0.4 is 5.32 Å². The van der Waals surface area contributed by atoms with Gasteiger partial charge in [0.2, 0.25) is 21.8 Å². The minimum absolute atomic E-state index is 0.00381. The number of aryl methyl sites for hydroxylation is 2. The van der Waals surface area contributed by atoms with Crippen molar-refractivity contribution in [1.29, 1.82) is 5.26 Å². The average molecular weight is 459 g/mol. The molecule has 1 saturated heterocycles. The Morgan fingerprint density at radius 2 is 1.81 bits per heavy atom. The fourth-order valence-electron chi connectivity index (χ4n) is 3.48. The lowest BCUT2D eigenvalue weighted by atomic mass is 10.2. The second-order valence-corrected chi connectivity index (χ2v) is 9.39. The van der Waals surface area contributed by atoms with Crippen molar-refractivity contribution in [2.24, 2.45) is 0 Å². The molecule has 0 aliphatic carbocycles. The van der Waals surface area contributed by atoms with Gasteiger partial charge in [0.1, 0.15) is 5.82 Å². The van der Waals surface area contributed by atoms with Gasteiger partial charge in [0.25, 0.3) is 0 Å². The van der Waals surface area contributed by atoms with Gasteiger partial charge in [-0.25, -0.2) is 13.1 Å². The molecule has 10 nitrogen and oxygen atoms in total. The number of sulfonamides is 1. The number of amides is 2. The molecule has 170 valence electrons. The highest BCUT2D eigenvalue weighted by atomic mass is 32.2. The third-order valence-electron chi connectivity index (χ3n) is 5.14. The Morgan fingerprint density at radius 3 is 2.47 bits per heavy atom. The van der Waals surface area contributed by atoms with Gasteiger partial charge >= 0.3 is 0 Å². The predicted octanol–water partition coefficient (Wildman–Crippen LogP) is 1.36. The Kier molecular flexibility index (Phi) is 7.61. The van der Waals surface area contributed by atoms with Crippen LogP contribution in [0.4, 0.5) is 5.82 Å². The molecule has 1 fully saturated rings. The van der Waals surface area contributed by atoms with Gasteiger partial charge in [-0.15, -0.1) is 0 Å². The Bertz CT molecular complexity index is 1100. The number of carbonyl (C=O) groups excluding carboxylic acids is 2. The summed E-state index contributed by atoms with van der Waals surface area (Å²) in [5.41, 5.74) is 0.720. The highest BCUT2D eigenvalue weighted by Crippen LogP contribution is 2.18. The van der Waals surface area contributed by atoms with Gasteiger partial charge in [0.15, 0.2) is 0 Å². The third-order valence-corrected chi connectivity index (χ3v) is 7.06. The minimum atomic E-state index is -3.58. The summed E-state index contributed by atoms with van der Waals surface area (Å²) in [4.78, 5) is 26.6. The summed E-state index contributed by atoms with van der Waals surface area (Å²) in [7, 11) is -3.58. The smallest absolute Gasteiger partial charge is 0.243 e. The summed E-state index contributed by atoms with van der Waals surface area (Å²) < 4.78 is 28.3. The van der Waals surface area contributed by atoms with Crippen molar-refractivity contribution in [3.05, 3.63) is 42.1 Å². The molecule has 32 heavy (non-hydrogen) atoms. The molecule has 0 radical (unpaired) electrons. The van der Waals surface area contributed by atoms with Crippen molar-refractivity contribution in [3.63, 3.8) is 0 Å². The topological polar surface area (TPSA) is 128 Å². The number of rotatable bonds is 8. The number of aromatic nitrogens is 2. The SMILES string of the molecule is Cc1cc(NC(=O)CCC(=O)N2CCN(S(=O)(=O)c3ccccc3)CC2)n(CCC#N)n1. The zero-order valence-electron chi connectivity index (χ0n) is 17.9. The largest absolute Gasteiger partial charge is 0.340 e. The highest BCUT2D eigenvalue weighted by Gasteiger charge is 2.30. The van der Waals surface area contributed by atoms with Crippen LogP contribution in [-0.2, 0) is 26.2 Å². The molecule has 0 bridgehead atoms. The van der Waals surface area contributed by atoms with E-state index in [4.69, 9.17) is 5.26 Å². The van der Waals surface area contributed by atoms with Crippen molar-refractivity contribution in [1.82, 2.24) is 19.0 Å². The van der Waals surface area contributed by atoms with Gasteiger partial charge in [-0.3, -0.25) is 9.59 Å². The van der Waals surface area contributed by atoms with Crippen LogP contribution in [0.25, 0.3) is 0 Å². The molecule has 2 amide bonds. The fraction of sp³-hybridized carbons (Fsp3) is 0.429. The molecule has 1 aromatic heterocycles. The lowest BCUT2D eigenvalue weighted by molar-refractivity contribution is -0.133. The number of hydrogen-bond donors (Lipinski definition) is 1. The van der Waals surface area contributed by atoms with E-state index >= 15 is 0 Å². The molecule has 2 aromatic rings. The quantitative estimate of drug-likeness (QED) is 0.636. The second-order valence-electron chi connectivity index (χ2n) is 7.45. The molecular weight excluding hydrogens is 432 g/mol. The molecule has 11 heteroatoms. The predicted molar refractivity (Wildman–Crippen MR) is 117 cm³/mol. The monoisotopic (exact) mass is 458 g/mol. The van der Waals surface area contributed by atoms with Gasteiger partial charge in [-0.05, 0) is 19.1 Å². The summed E-state index contributed by atoms with van der Waals surface area (Å²) in [6, 6.07) is 12.0. The van der Waals surface area contributed by atoms with Gasteiger partial charge in [0, 0.05) is 45.1 Å². The zero-order valence-corrected chi connectivity index (χ0v) is 18.7. The van der Waals surface area contributed by atoms with Crippen molar-refractivity contribution in [2.45, 2.75) is 37.6 Å². The van der Waals surface area contributed by atoms with Crippen LogP contribution in [0.1, 0.15) is 25.0 Å². The number of anilines is 1. The number of nitrogens with one attached hydrogen (secondary N) is 1. The molecule has 1 aliphatic rings. The first-order chi connectivity index (χ1) is 15.3. The number of benzene rings is 1. The number of hydrogen-bond acceptors (Lipinski definition) is 6. The van der Waals surface area contributed by atoms with E-state index in [-0.39, 0.29) is 62.2 Å². The molecular formula is C21H26N6O4S. The Morgan fingerprint density at radius 1 is 1.12 bits per heavy atom. The maximum atomic E-state index is 12.7. The normalized spacial score (nSPS) is 14.7. The summed E-state index contributed by atoms with van der Waals surface area (Å²) in [5.74, 6) is -0.0113. The van der Waals surface area contributed by atoms with E-state index < -0.39 is 10.0 Å².